The molecule has 0 radical (unpaired) electrons. The lowest BCUT2D eigenvalue weighted by Crippen LogP contribution is -2.24. The van der Waals surface area contributed by atoms with Crippen LogP contribution >= 0.6 is 0 Å². The number of hydrogen-bond acceptors (Lipinski definition) is 4. The predicted molar refractivity (Wildman–Crippen MR) is 67.1 cm³/mol. The molecule has 0 aliphatic heterocycles. The first-order chi connectivity index (χ1) is 8.76. The molecule has 0 saturated carbocycles. The Morgan fingerprint density at radius 3 is 2.50 bits per heavy atom. The third-order valence-corrected chi connectivity index (χ3v) is 2.57. The molecule has 0 fully saturated rings. The molecule has 0 N–H and O–H groups in total. The molecule has 94 valence electrons. The number of aromatic nitrogens is 2. The number of rotatable bonds is 4. The minimum Gasteiger partial charge on any atom is -0.491 e. The van der Waals surface area contributed by atoms with Crippen LogP contribution in [0.3, 0.4) is 0 Å². The van der Waals surface area contributed by atoms with E-state index in [1.165, 1.54) is 25.1 Å². The third-order valence-electron chi connectivity index (χ3n) is 2.57. The first-order valence-electron chi connectivity index (χ1n) is 5.48. The highest BCUT2D eigenvalue weighted by atomic mass is 16.5. The van der Waals surface area contributed by atoms with Crippen molar-refractivity contribution >= 4 is 0 Å². The van der Waals surface area contributed by atoms with E-state index in [9.17, 15) is 4.79 Å². The monoisotopic (exact) mass is 246 g/mol. The van der Waals surface area contributed by atoms with Crippen LogP contribution in [0.5, 0.6) is 11.5 Å². The zero-order chi connectivity index (χ0) is 13.0. The molecule has 0 aliphatic carbocycles. The Labute approximate surface area is 105 Å². The number of benzene rings is 1. The average Bonchev–Trinajstić information content (AvgIpc) is 2.42. The molecule has 5 heteroatoms. The van der Waals surface area contributed by atoms with Crippen LogP contribution in [0.25, 0.3) is 0 Å². The Balaban J connectivity index is 2.38. The molecule has 1 aromatic heterocycles. The molecular weight excluding hydrogens is 232 g/mol. The summed E-state index contributed by atoms with van der Waals surface area (Å²) >= 11 is 0. The van der Waals surface area contributed by atoms with Crippen molar-refractivity contribution in [3.8, 4) is 11.5 Å². The Morgan fingerprint density at radius 1 is 1.17 bits per heavy atom. The summed E-state index contributed by atoms with van der Waals surface area (Å²) in [5.41, 5.74) is 0.694. The standard InChI is InChI=1S/C13H14N2O3/c1-17-11-8-14-15(13(16)12(11)18-2)9-10-6-4-3-5-7-10/h3-8H,9H2,1-2H3. The van der Waals surface area contributed by atoms with Crippen molar-refractivity contribution in [3.63, 3.8) is 0 Å². The molecule has 1 aromatic carbocycles. The van der Waals surface area contributed by atoms with E-state index in [-0.39, 0.29) is 11.3 Å². The SMILES string of the molecule is COc1cnn(Cc2ccccc2)c(=O)c1OC. The fourth-order valence-corrected chi connectivity index (χ4v) is 1.66. The molecule has 0 bridgehead atoms. The predicted octanol–water partition coefficient (Wildman–Crippen LogP) is 1.31. The van der Waals surface area contributed by atoms with E-state index in [0.717, 1.165) is 5.56 Å². The van der Waals surface area contributed by atoms with Gasteiger partial charge in [-0.15, -0.1) is 0 Å². The summed E-state index contributed by atoms with van der Waals surface area (Å²) in [6, 6.07) is 9.63. The van der Waals surface area contributed by atoms with Gasteiger partial charge in [-0.25, -0.2) is 4.68 Å². The lowest BCUT2D eigenvalue weighted by Gasteiger charge is -2.09. The van der Waals surface area contributed by atoms with Crippen LogP contribution in [-0.2, 0) is 6.54 Å². The van der Waals surface area contributed by atoms with Crippen molar-refractivity contribution in [1.29, 1.82) is 0 Å². The van der Waals surface area contributed by atoms with Gasteiger partial charge in [0.2, 0.25) is 5.75 Å². The van der Waals surface area contributed by atoms with Crippen molar-refractivity contribution in [1.82, 2.24) is 9.78 Å². The Kier molecular flexibility index (Phi) is 3.62. The summed E-state index contributed by atoms with van der Waals surface area (Å²) < 4.78 is 11.4. The minimum atomic E-state index is -0.305. The van der Waals surface area contributed by atoms with Gasteiger partial charge in [-0.1, -0.05) is 30.3 Å². The van der Waals surface area contributed by atoms with Gasteiger partial charge < -0.3 is 9.47 Å². The molecule has 0 aliphatic rings. The van der Waals surface area contributed by atoms with E-state index < -0.39 is 0 Å². The molecular formula is C13H14N2O3. The highest BCUT2D eigenvalue weighted by Gasteiger charge is 2.12. The zero-order valence-corrected chi connectivity index (χ0v) is 10.3. The summed E-state index contributed by atoms with van der Waals surface area (Å²) in [5, 5.41) is 4.05. The fraction of sp³-hybridized carbons (Fsp3) is 0.231. The van der Waals surface area contributed by atoms with Crippen LogP contribution in [0, 0.1) is 0 Å². The number of nitrogens with zero attached hydrogens (tertiary/aromatic N) is 2. The van der Waals surface area contributed by atoms with E-state index in [0.29, 0.717) is 12.3 Å². The van der Waals surface area contributed by atoms with Gasteiger partial charge in [0.15, 0.2) is 5.75 Å². The quantitative estimate of drug-likeness (QED) is 0.816. The summed E-state index contributed by atoms with van der Waals surface area (Å²) in [5.74, 6) is 0.509. The summed E-state index contributed by atoms with van der Waals surface area (Å²) in [4.78, 5) is 12.1. The van der Waals surface area contributed by atoms with E-state index in [1.807, 2.05) is 30.3 Å². The lowest BCUT2D eigenvalue weighted by atomic mass is 10.2. The first-order valence-corrected chi connectivity index (χ1v) is 5.48. The molecule has 0 amide bonds. The maximum Gasteiger partial charge on any atom is 0.313 e. The van der Waals surface area contributed by atoms with Gasteiger partial charge in [0.25, 0.3) is 0 Å². The average molecular weight is 246 g/mol. The van der Waals surface area contributed by atoms with Crippen LogP contribution < -0.4 is 15.0 Å². The summed E-state index contributed by atoms with van der Waals surface area (Å²) in [6.07, 6.45) is 1.48. The maximum atomic E-state index is 12.1. The molecule has 0 atom stereocenters. The van der Waals surface area contributed by atoms with E-state index in [1.54, 1.807) is 0 Å². The van der Waals surface area contributed by atoms with Crippen molar-refractivity contribution in [2.24, 2.45) is 0 Å². The highest BCUT2D eigenvalue weighted by molar-refractivity contribution is 5.34. The first kappa shape index (κ1) is 12.2. The van der Waals surface area contributed by atoms with Crippen LogP contribution in [-0.4, -0.2) is 24.0 Å². The van der Waals surface area contributed by atoms with Crippen LogP contribution in [0.15, 0.2) is 41.3 Å². The van der Waals surface area contributed by atoms with Crippen molar-refractivity contribution < 1.29 is 9.47 Å². The normalized spacial score (nSPS) is 10.1. The Hall–Kier alpha value is -2.30. The van der Waals surface area contributed by atoms with Crippen LogP contribution in [0.4, 0.5) is 0 Å². The second kappa shape index (κ2) is 5.35. The van der Waals surface area contributed by atoms with Crippen LogP contribution in [0.1, 0.15) is 5.56 Å². The molecule has 0 spiro atoms. The summed E-state index contributed by atoms with van der Waals surface area (Å²) in [6.45, 7) is 0.403. The molecule has 2 rings (SSSR count). The van der Waals surface area contributed by atoms with Gasteiger partial charge in [0, 0.05) is 0 Å². The third kappa shape index (κ3) is 2.34. The van der Waals surface area contributed by atoms with E-state index >= 15 is 0 Å². The number of ether oxygens (including phenoxy) is 2. The van der Waals surface area contributed by atoms with Gasteiger partial charge >= 0.3 is 5.56 Å². The van der Waals surface area contributed by atoms with E-state index in [2.05, 4.69) is 5.10 Å². The fourth-order valence-electron chi connectivity index (χ4n) is 1.66. The van der Waals surface area contributed by atoms with E-state index in [4.69, 9.17) is 9.47 Å². The summed E-state index contributed by atoms with van der Waals surface area (Å²) in [7, 11) is 2.91. The lowest BCUT2D eigenvalue weighted by molar-refractivity contribution is 0.340. The van der Waals surface area contributed by atoms with Crippen LogP contribution in [0.2, 0.25) is 0 Å². The molecule has 5 nitrogen and oxygen atoms in total. The highest BCUT2D eigenvalue weighted by Crippen LogP contribution is 2.19. The van der Waals surface area contributed by atoms with Crippen molar-refractivity contribution in [3.05, 3.63) is 52.4 Å². The molecule has 0 unspecified atom stereocenters. The van der Waals surface area contributed by atoms with Gasteiger partial charge in [-0.3, -0.25) is 4.79 Å². The smallest absolute Gasteiger partial charge is 0.313 e. The Morgan fingerprint density at radius 2 is 1.89 bits per heavy atom. The number of hydrogen-bond donors (Lipinski definition) is 0. The Bertz CT molecular complexity index is 579. The molecule has 0 saturated heterocycles. The topological polar surface area (TPSA) is 53.4 Å². The number of methoxy groups -OCH3 is 2. The van der Waals surface area contributed by atoms with Crippen molar-refractivity contribution in [2.45, 2.75) is 6.54 Å². The maximum absolute atomic E-state index is 12.1. The molecule has 2 aromatic rings. The van der Waals surface area contributed by atoms with Gasteiger partial charge in [0.05, 0.1) is 27.0 Å². The molecule has 18 heavy (non-hydrogen) atoms. The second-order valence-corrected chi connectivity index (χ2v) is 3.69. The zero-order valence-electron chi connectivity index (χ0n) is 10.3. The molecule has 1 heterocycles. The van der Waals surface area contributed by atoms with Gasteiger partial charge in [-0.2, -0.15) is 5.10 Å². The minimum absolute atomic E-state index is 0.170. The largest absolute Gasteiger partial charge is 0.491 e. The van der Waals surface area contributed by atoms with Gasteiger partial charge in [0.1, 0.15) is 0 Å². The second-order valence-electron chi connectivity index (χ2n) is 3.69. The van der Waals surface area contributed by atoms with Crippen molar-refractivity contribution in [2.75, 3.05) is 14.2 Å². The van der Waals surface area contributed by atoms with Gasteiger partial charge in [-0.05, 0) is 5.56 Å².